The van der Waals surface area contributed by atoms with E-state index in [-0.39, 0.29) is 0 Å². The first-order valence-electron chi connectivity index (χ1n) is 10.4. The van der Waals surface area contributed by atoms with E-state index >= 15 is 0 Å². The fourth-order valence-electron chi connectivity index (χ4n) is 3.62. The van der Waals surface area contributed by atoms with Crippen LogP contribution >= 0.6 is 0 Å². The third-order valence-electron chi connectivity index (χ3n) is 4.86. The van der Waals surface area contributed by atoms with Gasteiger partial charge in [-0.1, -0.05) is 6.42 Å². The molecule has 2 rings (SSSR count). The van der Waals surface area contributed by atoms with Crippen LogP contribution in [0.2, 0.25) is 6.04 Å². The lowest BCUT2D eigenvalue weighted by atomic mass is 10.1. The molecular formula is C19H38N3O3Si+. The molecule has 0 atom stereocenters. The van der Waals surface area contributed by atoms with Gasteiger partial charge in [0.2, 0.25) is 6.33 Å². The number of hydrogen-bond acceptors (Lipinski definition) is 4. The number of nitrogens with zero attached hydrogens (tertiary/aromatic N) is 3. The lowest BCUT2D eigenvalue weighted by Gasteiger charge is -2.28. The number of piperidine rings is 1. The first-order valence-corrected chi connectivity index (χ1v) is 12.3. The second-order valence-corrected chi connectivity index (χ2v) is 9.61. The Labute approximate surface area is 160 Å². The van der Waals surface area contributed by atoms with Gasteiger partial charge in [-0.3, -0.25) is 4.90 Å². The van der Waals surface area contributed by atoms with Gasteiger partial charge >= 0.3 is 8.80 Å². The van der Waals surface area contributed by atoms with Gasteiger partial charge in [-0.2, -0.15) is 0 Å². The fourth-order valence-corrected chi connectivity index (χ4v) is 6.22. The molecule has 1 fully saturated rings. The van der Waals surface area contributed by atoms with Crippen molar-refractivity contribution in [2.24, 2.45) is 0 Å². The number of rotatable bonds is 13. The van der Waals surface area contributed by atoms with E-state index in [9.17, 15) is 0 Å². The number of likely N-dealkylation sites (tertiary alicyclic amines) is 1. The second-order valence-electron chi connectivity index (χ2n) is 6.88. The van der Waals surface area contributed by atoms with E-state index in [0.29, 0.717) is 19.8 Å². The Hall–Kier alpha value is -0.733. The van der Waals surface area contributed by atoms with Crippen LogP contribution in [0.3, 0.4) is 0 Å². The molecule has 150 valence electrons. The molecule has 0 N–H and O–H groups in total. The summed E-state index contributed by atoms with van der Waals surface area (Å²) in [5.74, 6) is 0. The van der Waals surface area contributed by atoms with Crippen LogP contribution in [0.5, 0.6) is 0 Å². The molecule has 0 aliphatic carbocycles. The third kappa shape index (κ3) is 7.11. The SMILES string of the molecule is CCO[Si](CCC[n+]1ccn(CCN2CCCCC2)c1)(OCC)OCC. The first-order chi connectivity index (χ1) is 12.7. The van der Waals surface area contributed by atoms with Crippen molar-refractivity contribution in [3.63, 3.8) is 0 Å². The predicted octanol–water partition coefficient (Wildman–Crippen LogP) is 2.70. The van der Waals surface area contributed by atoms with Crippen LogP contribution in [0, 0.1) is 0 Å². The van der Waals surface area contributed by atoms with Gasteiger partial charge in [-0.15, -0.1) is 0 Å². The molecule has 0 unspecified atom stereocenters. The van der Waals surface area contributed by atoms with Crippen LogP contribution in [0.4, 0.5) is 0 Å². The largest absolute Gasteiger partial charge is 0.501 e. The van der Waals surface area contributed by atoms with Crippen LogP contribution in [-0.4, -0.2) is 57.7 Å². The Morgan fingerprint density at radius 3 is 2.19 bits per heavy atom. The number of aromatic nitrogens is 2. The third-order valence-corrected chi connectivity index (χ3v) is 8.01. The minimum absolute atomic E-state index is 0.645. The summed E-state index contributed by atoms with van der Waals surface area (Å²) in [4.78, 5) is 2.58. The molecule has 6 nitrogen and oxygen atoms in total. The Morgan fingerprint density at radius 2 is 1.58 bits per heavy atom. The smallest absolute Gasteiger partial charge is 0.374 e. The monoisotopic (exact) mass is 384 g/mol. The highest BCUT2D eigenvalue weighted by atomic mass is 28.4. The summed E-state index contributed by atoms with van der Waals surface area (Å²) in [6.07, 6.45) is 11.7. The van der Waals surface area contributed by atoms with E-state index in [2.05, 4.69) is 32.8 Å². The molecule has 7 heteroatoms. The zero-order valence-corrected chi connectivity index (χ0v) is 18.0. The minimum atomic E-state index is -2.51. The standard InChI is InChI=1S/C19H38N3O3Si/c1-4-23-26(24-5-2,25-6-3)18-10-13-21-16-17-22(19-21)15-14-20-11-8-7-9-12-20/h16-17,19H,4-15,18H2,1-3H3/q+1. The van der Waals surface area contributed by atoms with Gasteiger partial charge in [0.05, 0.1) is 6.54 Å². The minimum Gasteiger partial charge on any atom is -0.374 e. The Balaban J connectivity index is 1.76. The van der Waals surface area contributed by atoms with Crippen LogP contribution in [0.15, 0.2) is 18.7 Å². The van der Waals surface area contributed by atoms with Crippen LogP contribution in [0.25, 0.3) is 0 Å². The topological polar surface area (TPSA) is 39.7 Å². The normalized spacial score (nSPS) is 16.3. The van der Waals surface area contributed by atoms with Gasteiger partial charge in [0.15, 0.2) is 0 Å². The van der Waals surface area contributed by atoms with Gasteiger partial charge < -0.3 is 13.3 Å². The Morgan fingerprint density at radius 1 is 0.923 bits per heavy atom. The zero-order valence-electron chi connectivity index (χ0n) is 17.0. The number of hydrogen-bond donors (Lipinski definition) is 0. The van der Waals surface area contributed by atoms with Gasteiger partial charge in [0, 0.05) is 32.4 Å². The maximum absolute atomic E-state index is 5.93. The summed E-state index contributed by atoms with van der Waals surface area (Å²) in [5, 5.41) is 0. The lowest BCUT2D eigenvalue weighted by Crippen LogP contribution is -2.46. The van der Waals surface area contributed by atoms with Crippen molar-refractivity contribution >= 4 is 8.80 Å². The zero-order chi connectivity index (χ0) is 18.7. The highest BCUT2D eigenvalue weighted by Gasteiger charge is 2.39. The summed E-state index contributed by atoms with van der Waals surface area (Å²) in [6, 6.07) is 0.870. The van der Waals surface area contributed by atoms with E-state index in [4.69, 9.17) is 13.3 Å². The second kappa shape index (κ2) is 11.9. The Kier molecular flexibility index (Phi) is 9.85. The molecule has 26 heavy (non-hydrogen) atoms. The molecule has 2 heterocycles. The molecule has 1 aliphatic rings. The van der Waals surface area contributed by atoms with Crippen molar-refractivity contribution in [3.05, 3.63) is 18.7 Å². The Bertz CT molecular complexity index is 475. The van der Waals surface area contributed by atoms with E-state index < -0.39 is 8.80 Å². The maximum atomic E-state index is 5.93. The highest BCUT2D eigenvalue weighted by molar-refractivity contribution is 6.60. The van der Waals surface area contributed by atoms with Crippen molar-refractivity contribution in [2.75, 3.05) is 39.5 Å². The molecule has 1 saturated heterocycles. The average Bonchev–Trinajstić information content (AvgIpc) is 3.09. The van der Waals surface area contributed by atoms with Gasteiger partial charge in [-0.05, 0) is 53.1 Å². The number of aryl methyl sites for hydroxylation is 1. The van der Waals surface area contributed by atoms with Crippen LogP contribution in [0.1, 0.15) is 46.5 Å². The summed E-state index contributed by atoms with van der Waals surface area (Å²) < 4.78 is 22.4. The molecule has 0 radical (unpaired) electrons. The van der Waals surface area contributed by atoms with Crippen molar-refractivity contribution in [1.82, 2.24) is 9.47 Å². The van der Waals surface area contributed by atoms with Crippen molar-refractivity contribution in [2.45, 2.75) is 65.6 Å². The van der Waals surface area contributed by atoms with E-state index in [1.807, 2.05) is 20.8 Å². The molecule has 1 aliphatic heterocycles. The molecule has 0 bridgehead atoms. The van der Waals surface area contributed by atoms with Gasteiger partial charge in [-0.25, -0.2) is 9.13 Å². The van der Waals surface area contributed by atoms with Crippen molar-refractivity contribution in [1.29, 1.82) is 0 Å². The summed E-state index contributed by atoms with van der Waals surface area (Å²) >= 11 is 0. The molecule has 1 aromatic rings. The van der Waals surface area contributed by atoms with E-state index in [1.54, 1.807) is 0 Å². The molecule has 0 aromatic carbocycles. The lowest BCUT2D eigenvalue weighted by molar-refractivity contribution is -0.696. The van der Waals surface area contributed by atoms with Gasteiger partial charge in [0.25, 0.3) is 0 Å². The quantitative estimate of drug-likeness (QED) is 0.387. The molecule has 1 aromatic heterocycles. The molecule has 0 spiro atoms. The summed E-state index contributed by atoms with van der Waals surface area (Å²) in [7, 11) is -2.51. The molecule has 0 amide bonds. The predicted molar refractivity (Wildman–Crippen MR) is 105 cm³/mol. The molecular weight excluding hydrogens is 346 g/mol. The van der Waals surface area contributed by atoms with Crippen LogP contribution < -0.4 is 4.57 Å². The van der Waals surface area contributed by atoms with E-state index in [1.165, 1.54) is 32.4 Å². The highest BCUT2D eigenvalue weighted by Crippen LogP contribution is 2.18. The van der Waals surface area contributed by atoms with E-state index in [0.717, 1.165) is 32.1 Å². The fraction of sp³-hybridized carbons (Fsp3) is 0.842. The maximum Gasteiger partial charge on any atom is 0.501 e. The van der Waals surface area contributed by atoms with Gasteiger partial charge in [0.1, 0.15) is 18.9 Å². The first kappa shape index (κ1) is 21.6. The van der Waals surface area contributed by atoms with Crippen molar-refractivity contribution in [3.8, 4) is 0 Å². The number of imidazole rings is 1. The summed E-state index contributed by atoms with van der Waals surface area (Å²) in [6.45, 7) is 13.7. The average molecular weight is 385 g/mol. The summed E-state index contributed by atoms with van der Waals surface area (Å²) in [5.41, 5.74) is 0. The molecule has 0 saturated carbocycles. The van der Waals surface area contributed by atoms with Crippen LogP contribution in [-0.2, 0) is 26.4 Å². The van der Waals surface area contributed by atoms with Crippen molar-refractivity contribution < 1.29 is 17.8 Å².